The molecule has 1 saturated carbocycles. The maximum Gasteiger partial charge on any atom is 0.223 e. The first-order valence-electron chi connectivity index (χ1n) is 10.8. The fourth-order valence-corrected chi connectivity index (χ4v) is 5.89. The van der Waals surface area contributed by atoms with Gasteiger partial charge in [0.2, 0.25) is 5.91 Å². The van der Waals surface area contributed by atoms with Gasteiger partial charge >= 0.3 is 0 Å². The first-order valence-corrected chi connectivity index (χ1v) is 12.0. The quantitative estimate of drug-likeness (QED) is 0.834. The van der Waals surface area contributed by atoms with E-state index in [4.69, 9.17) is 0 Å². The second-order valence-corrected chi connectivity index (χ2v) is 9.41. The van der Waals surface area contributed by atoms with Crippen molar-refractivity contribution in [1.82, 2.24) is 25.0 Å². The summed E-state index contributed by atoms with van der Waals surface area (Å²) in [5, 5.41) is 12.0. The van der Waals surface area contributed by atoms with E-state index in [-0.39, 0.29) is 11.8 Å². The normalized spacial score (nSPS) is 23.0. The van der Waals surface area contributed by atoms with Gasteiger partial charge in [0.25, 0.3) is 0 Å². The minimum atomic E-state index is 0.233. The zero-order valence-corrected chi connectivity index (χ0v) is 17.2. The third-order valence-corrected chi connectivity index (χ3v) is 7.52. The van der Waals surface area contributed by atoms with Gasteiger partial charge in [-0.05, 0) is 37.2 Å². The third kappa shape index (κ3) is 4.86. The maximum atomic E-state index is 12.3. The number of hydrogen-bond donors (Lipinski definition) is 1. The highest BCUT2D eigenvalue weighted by atomic mass is 32.2. The molecular formula is C20H33N5OS. The van der Waals surface area contributed by atoms with E-state index in [1.165, 1.54) is 43.6 Å². The average molecular weight is 392 g/mol. The lowest BCUT2D eigenvalue weighted by atomic mass is 9.89. The molecule has 150 valence electrons. The highest BCUT2D eigenvalue weighted by Gasteiger charge is 2.25. The van der Waals surface area contributed by atoms with E-state index in [0.717, 1.165) is 63.0 Å². The molecule has 0 atom stereocenters. The van der Waals surface area contributed by atoms with Gasteiger partial charge in [0, 0.05) is 51.0 Å². The summed E-state index contributed by atoms with van der Waals surface area (Å²) in [5.41, 5.74) is 0. The third-order valence-electron chi connectivity index (χ3n) is 6.47. The molecule has 1 aromatic rings. The van der Waals surface area contributed by atoms with Crippen LogP contribution < -0.4 is 5.32 Å². The highest BCUT2D eigenvalue weighted by molar-refractivity contribution is 7.99. The predicted molar refractivity (Wildman–Crippen MR) is 109 cm³/mol. The summed E-state index contributed by atoms with van der Waals surface area (Å²) in [6, 6.07) is 0.752. The van der Waals surface area contributed by atoms with Crippen molar-refractivity contribution >= 4 is 17.7 Å². The molecule has 1 aromatic heterocycles. The Morgan fingerprint density at radius 3 is 2.67 bits per heavy atom. The lowest BCUT2D eigenvalue weighted by Crippen LogP contribution is -2.39. The summed E-state index contributed by atoms with van der Waals surface area (Å²) in [6.07, 6.45) is 10.2. The molecule has 3 aliphatic rings. The van der Waals surface area contributed by atoms with Crippen molar-refractivity contribution < 1.29 is 4.79 Å². The lowest BCUT2D eigenvalue weighted by molar-refractivity contribution is -0.125. The molecule has 1 aliphatic carbocycles. The van der Waals surface area contributed by atoms with Crippen LogP contribution in [0.3, 0.4) is 0 Å². The largest absolute Gasteiger partial charge is 0.355 e. The summed E-state index contributed by atoms with van der Waals surface area (Å²) in [7, 11) is 0. The number of thioether (sulfide) groups is 1. The van der Waals surface area contributed by atoms with Gasteiger partial charge in [-0.15, -0.1) is 10.2 Å². The Morgan fingerprint density at radius 1 is 1.04 bits per heavy atom. The number of aromatic nitrogens is 3. The molecule has 27 heavy (non-hydrogen) atoms. The Labute approximate surface area is 166 Å². The molecule has 2 aliphatic heterocycles. The number of rotatable bonds is 5. The molecule has 1 N–H and O–H groups in total. The van der Waals surface area contributed by atoms with Crippen LogP contribution in [0.15, 0.2) is 0 Å². The Hall–Kier alpha value is -1.08. The molecule has 6 nitrogen and oxygen atoms in total. The molecule has 0 radical (unpaired) electrons. The minimum Gasteiger partial charge on any atom is -0.355 e. The van der Waals surface area contributed by atoms with Crippen molar-refractivity contribution in [3.05, 3.63) is 11.6 Å². The van der Waals surface area contributed by atoms with Crippen LogP contribution in [-0.2, 0) is 24.2 Å². The van der Waals surface area contributed by atoms with Crippen LogP contribution in [0.4, 0.5) is 0 Å². The molecule has 1 saturated heterocycles. The van der Waals surface area contributed by atoms with Crippen LogP contribution in [0, 0.1) is 5.92 Å². The van der Waals surface area contributed by atoms with Crippen LogP contribution in [0.5, 0.6) is 0 Å². The van der Waals surface area contributed by atoms with E-state index in [1.807, 2.05) is 0 Å². The van der Waals surface area contributed by atoms with Crippen LogP contribution in [-0.4, -0.2) is 62.8 Å². The Kier molecular flexibility index (Phi) is 6.71. The van der Waals surface area contributed by atoms with Gasteiger partial charge in [0.05, 0.1) is 0 Å². The van der Waals surface area contributed by atoms with Gasteiger partial charge in [0.1, 0.15) is 11.6 Å². The molecule has 0 aromatic carbocycles. The average Bonchev–Trinajstić information content (AvgIpc) is 2.98. The van der Waals surface area contributed by atoms with Crippen molar-refractivity contribution in [2.45, 2.75) is 70.4 Å². The molecule has 0 bridgehead atoms. The number of fused-ring (bicyclic) bond motifs is 1. The van der Waals surface area contributed by atoms with E-state index < -0.39 is 0 Å². The van der Waals surface area contributed by atoms with Crippen molar-refractivity contribution in [2.24, 2.45) is 5.92 Å². The Bertz CT molecular complexity index is 622. The van der Waals surface area contributed by atoms with Crippen LogP contribution in [0.1, 0.15) is 56.6 Å². The monoisotopic (exact) mass is 391 g/mol. The van der Waals surface area contributed by atoms with Gasteiger partial charge < -0.3 is 9.88 Å². The summed E-state index contributed by atoms with van der Waals surface area (Å²) >= 11 is 2.09. The van der Waals surface area contributed by atoms with Crippen molar-refractivity contribution in [3.8, 4) is 0 Å². The molecule has 7 heteroatoms. The standard InChI is InChI=1S/C20H33N5OS/c26-20(16-4-2-1-3-5-16)21-10-6-18-22-23-19-7-11-24(12-13-25(18)19)17-8-14-27-15-9-17/h16-17H,1-15H2,(H,21,26). The second-order valence-electron chi connectivity index (χ2n) is 8.19. The van der Waals surface area contributed by atoms with Crippen LogP contribution in [0.2, 0.25) is 0 Å². The minimum absolute atomic E-state index is 0.233. The molecular weight excluding hydrogens is 358 g/mol. The Morgan fingerprint density at radius 2 is 1.85 bits per heavy atom. The van der Waals surface area contributed by atoms with Crippen LogP contribution in [0.25, 0.3) is 0 Å². The fraction of sp³-hybridized carbons (Fsp3) is 0.850. The van der Waals surface area contributed by atoms with E-state index in [9.17, 15) is 4.79 Å². The number of amides is 1. The zero-order valence-electron chi connectivity index (χ0n) is 16.4. The second kappa shape index (κ2) is 9.41. The summed E-state index contributed by atoms with van der Waals surface area (Å²) in [6.45, 7) is 3.86. The number of carbonyl (C=O) groups is 1. The first kappa shape index (κ1) is 19.2. The summed E-state index contributed by atoms with van der Waals surface area (Å²) in [4.78, 5) is 15.0. The van der Waals surface area contributed by atoms with Gasteiger partial charge in [-0.1, -0.05) is 19.3 Å². The van der Waals surface area contributed by atoms with E-state index >= 15 is 0 Å². The molecule has 4 rings (SSSR count). The number of carbonyl (C=O) groups excluding carboxylic acids is 1. The van der Waals surface area contributed by atoms with E-state index in [2.05, 4.69) is 36.7 Å². The van der Waals surface area contributed by atoms with Gasteiger partial charge in [-0.25, -0.2) is 0 Å². The molecule has 0 unspecified atom stereocenters. The molecule has 0 spiro atoms. The van der Waals surface area contributed by atoms with Gasteiger partial charge in [0.15, 0.2) is 0 Å². The SMILES string of the molecule is O=C(NCCc1nnc2n1CCN(C1CCSCC1)CC2)C1CCCCC1. The molecule has 2 fully saturated rings. The summed E-state index contributed by atoms with van der Waals surface area (Å²) < 4.78 is 2.31. The highest BCUT2D eigenvalue weighted by Crippen LogP contribution is 2.24. The lowest BCUT2D eigenvalue weighted by Gasteiger charge is -2.32. The number of hydrogen-bond acceptors (Lipinski definition) is 5. The number of nitrogens with zero attached hydrogens (tertiary/aromatic N) is 4. The van der Waals surface area contributed by atoms with Crippen molar-refractivity contribution in [2.75, 3.05) is 31.1 Å². The molecule has 1 amide bonds. The van der Waals surface area contributed by atoms with Gasteiger partial charge in [-0.2, -0.15) is 11.8 Å². The summed E-state index contributed by atoms with van der Waals surface area (Å²) in [5.74, 6) is 5.24. The molecule has 3 heterocycles. The first-order chi connectivity index (χ1) is 13.3. The number of nitrogens with one attached hydrogen (secondary N) is 1. The van der Waals surface area contributed by atoms with Crippen molar-refractivity contribution in [3.63, 3.8) is 0 Å². The smallest absolute Gasteiger partial charge is 0.223 e. The van der Waals surface area contributed by atoms with Gasteiger partial charge in [-0.3, -0.25) is 9.69 Å². The fourth-order valence-electron chi connectivity index (χ4n) is 4.81. The van der Waals surface area contributed by atoms with E-state index in [0.29, 0.717) is 6.54 Å². The Balaban J connectivity index is 1.27. The topological polar surface area (TPSA) is 63.1 Å². The van der Waals surface area contributed by atoms with E-state index in [1.54, 1.807) is 0 Å². The van der Waals surface area contributed by atoms with Crippen LogP contribution >= 0.6 is 11.8 Å². The maximum absolute atomic E-state index is 12.3. The zero-order chi connectivity index (χ0) is 18.5. The van der Waals surface area contributed by atoms with Crippen molar-refractivity contribution in [1.29, 1.82) is 0 Å². The predicted octanol–water partition coefficient (Wildman–Crippen LogP) is 2.27.